The average Bonchev–Trinajstić information content (AvgIpc) is 3.13. The maximum atomic E-state index is 12.4. The number of methoxy groups -OCH3 is 2. The topological polar surface area (TPSA) is 88.7 Å². The Morgan fingerprint density at radius 2 is 1.92 bits per heavy atom. The van der Waals surface area contributed by atoms with Gasteiger partial charge in [0, 0.05) is 19.6 Å². The van der Waals surface area contributed by atoms with Crippen LogP contribution in [0.25, 0.3) is 0 Å². The van der Waals surface area contributed by atoms with Gasteiger partial charge < -0.3 is 25.4 Å². The molecule has 7 heteroatoms. The highest BCUT2D eigenvalue weighted by molar-refractivity contribution is 5.82. The fourth-order valence-corrected chi connectivity index (χ4v) is 3.39. The van der Waals surface area contributed by atoms with Gasteiger partial charge in [-0.3, -0.25) is 9.59 Å². The summed E-state index contributed by atoms with van der Waals surface area (Å²) in [4.78, 5) is 24.3. The van der Waals surface area contributed by atoms with Crippen LogP contribution in [0.2, 0.25) is 0 Å². The summed E-state index contributed by atoms with van der Waals surface area (Å²) in [6, 6.07) is 5.21. The molecule has 0 aliphatic heterocycles. The van der Waals surface area contributed by atoms with E-state index in [1.807, 2.05) is 25.1 Å². The van der Waals surface area contributed by atoms with Gasteiger partial charge in [0.1, 0.15) is 0 Å². The number of hydrogen-bond donors (Lipinski definition) is 3. The summed E-state index contributed by atoms with van der Waals surface area (Å²) in [5, 5.41) is 8.93. The normalized spacial score (nSPS) is 20.3. The third-order valence-corrected chi connectivity index (χ3v) is 4.87. The molecule has 0 heterocycles. The summed E-state index contributed by atoms with van der Waals surface area (Å²) in [5.74, 6) is 1.16. The van der Waals surface area contributed by atoms with E-state index < -0.39 is 0 Å². The first-order valence-corrected chi connectivity index (χ1v) is 8.96. The van der Waals surface area contributed by atoms with Crippen LogP contribution in [-0.4, -0.2) is 45.2 Å². The van der Waals surface area contributed by atoms with Gasteiger partial charge in [-0.1, -0.05) is 12.5 Å². The number of benzene rings is 1. The minimum Gasteiger partial charge on any atom is -0.493 e. The molecule has 1 saturated carbocycles. The van der Waals surface area contributed by atoms with E-state index >= 15 is 0 Å². The standard InChI is InChI=1S/C19H29N3O4/c1-12(22-15-7-5-6-14(15)19(24)20-2)18(23)21-11-13-8-9-16(25-3)17(10-13)26-4/h8-10,12,14-15,22H,5-7,11H2,1-4H3,(H,20,24)(H,21,23)/t12-,14-,15+/m1/s1. The quantitative estimate of drug-likeness (QED) is 0.646. The SMILES string of the molecule is CNC(=O)[C@@H]1CCC[C@@H]1N[C@H](C)C(=O)NCc1ccc(OC)c(OC)c1. The zero-order chi connectivity index (χ0) is 19.1. The number of ether oxygens (including phenoxy) is 2. The van der Waals surface area contributed by atoms with Gasteiger partial charge in [-0.2, -0.15) is 0 Å². The fraction of sp³-hybridized carbons (Fsp3) is 0.579. The smallest absolute Gasteiger partial charge is 0.237 e. The Balaban J connectivity index is 1.88. The van der Waals surface area contributed by atoms with Crippen LogP contribution in [0.1, 0.15) is 31.7 Å². The van der Waals surface area contributed by atoms with Crippen LogP contribution < -0.4 is 25.4 Å². The Morgan fingerprint density at radius 1 is 1.19 bits per heavy atom. The number of carbonyl (C=O) groups is 2. The van der Waals surface area contributed by atoms with Gasteiger partial charge >= 0.3 is 0 Å². The second kappa shape index (κ2) is 9.43. The first-order chi connectivity index (χ1) is 12.5. The molecule has 1 aliphatic rings. The van der Waals surface area contributed by atoms with Crippen LogP contribution >= 0.6 is 0 Å². The first kappa shape index (κ1) is 20.0. The summed E-state index contributed by atoms with van der Waals surface area (Å²) in [5.41, 5.74) is 0.923. The van der Waals surface area contributed by atoms with Gasteiger partial charge in [-0.15, -0.1) is 0 Å². The zero-order valence-electron chi connectivity index (χ0n) is 15.9. The maximum Gasteiger partial charge on any atom is 0.237 e. The molecule has 0 saturated heterocycles. The Kier molecular flexibility index (Phi) is 7.26. The van der Waals surface area contributed by atoms with Crippen molar-refractivity contribution in [2.45, 2.75) is 44.8 Å². The molecule has 3 N–H and O–H groups in total. The maximum absolute atomic E-state index is 12.4. The van der Waals surface area contributed by atoms with Crippen LogP contribution in [0.4, 0.5) is 0 Å². The second-order valence-electron chi connectivity index (χ2n) is 6.55. The van der Waals surface area contributed by atoms with E-state index in [1.54, 1.807) is 21.3 Å². The predicted octanol–water partition coefficient (Wildman–Crippen LogP) is 1.21. The third kappa shape index (κ3) is 4.88. The van der Waals surface area contributed by atoms with Crippen LogP contribution in [-0.2, 0) is 16.1 Å². The molecule has 3 atom stereocenters. The van der Waals surface area contributed by atoms with Crippen molar-refractivity contribution < 1.29 is 19.1 Å². The van der Waals surface area contributed by atoms with Crippen molar-refractivity contribution >= 4 is 11.8 Å². The van der Waals surface area contributed by atoms with Crippen molar-refractivity contribution in [3.63, 3.8) is 0 Å². The number of hydrogen-bond acceptors (Lipinski definition) is 5. The van der Waals surface area contributed by atoms with E-state index in [-0.39, 0.29) is 29.8 Å². The molecule has 1 fully saturated rings. The predicted molar refractivity (Wildman–Crippen MR) is 99.2 cm³/mol. The van der Waals surface area contributed by atoms with Crippen LogP contribution in [0, 0.1) is 5.92 Å². The van der Waals surface area contributed by atoms with Gasteiger partial charge in [0.2, 0.25) is 11.8 Å². The number of amides is 2. The van der Waals surface area contributed by atoms with E-state index in [2.05, 4.69) is 16.0 Å². The highest BCUT2D eigenvalue weighted by Crippen LogP contribution is 2.28. The molecular formula is C19H29N3O4. The molecular weight excluding hydrogens is 334 g/mol. The summed E-state index contributed by atoms with van der Waals surface area (Å²) < 4.78 is 10.5. The molecule has 1 aliphatic carbocycles. The van der Waals surface area contributed by atoms with Crippen molar-refractivity contribution in [3.8, 4) is 11.5 Å². The van der Waals surface area contributed by atoms with Crippen molar-refractivity contribution in [1.82, 2.24) is 16.0 Å². The minimum absolute atomic E-state index is 0.0387. The van der Waals surface area contributed by atoms with Gasteiger partial charge in [0.15, 0.2) is 11.5 Å². The molecule has 1 aromatic rings. The highest BCUT2D eigenvalue weighted by Gasteiger charge is 2.33. The van der Waals surface area contributed by atoms with Gasteiger partial charge in [0.05, 0.1) is 26.2 Å². The van der Waals surface area contributed by atoms with Crippen molar-refractivity contribution in [1.29, 1.82) is 0 Å². The molecule has 0 radical (unpaired) electrons. The summed E-state index contributed by atoms with van der Waals surface area (Å²) in [6.45, 7) is 2.22. The number of rotatable bonds is 8. The molecule has 0 spiro atoms. The molecule has 7 nitrogen and oxygen atoms in total. The second-order valence-corrected chi connectivity index (χ2v) is 6.55. The fourth-order valence-electron chi connectivity index (χ4n) is 3.39. The molecule has 0 bridgehead atoms. The third-order valence-electron chi connectivity index (χ3n) is 4.87. The Labute approximate surface area is 154 Å². The molecule has 2 amide bonds. The van der Waals surface area contributed by atoms with Crippen molar-refractivity contribution in [2.24, 2.45) is 5.92 Å². The zero-order valence-corrected chi connectivity index (χ0v) is 15.9. The van der Waals surface area contributed by atoms with Crippen LogP contribution in [0.5, 0.6) is 11.5 Å². The monoisotopic (exact) mass is 363 g/mol. The highest BCUT2D eigenvalue weighted by atomic mass is 16.5. The molecule has 0 aromatic heterocycles. The molecule has 144 valence electrons. The largest absolute Gasteiger partial charge is 0.493 e. The lowest BCUT2D eigenvalue weighted by molar-refractivity contribution is -0.126. The van der Waals surface area contributed by atoms with E-state index in [1.165, 1.54) is 0 Å². The molecule has 0 unspecified atom stereocenters. The van der Waals surface area contributed by atoms with Crippen molar-refractivity contribution in [2.75, 3.05) is 21.3 Å². The average molecular weight is 363 g/mol. The van der Waals surface area contributed by atoms with Crippen LogP contribution in [0.15, 0.2) is 18.2 Å². The summed E-state index contributed by atoms with van der Waals surface area (Å²) in [7, 11) is 4.81. The number of nitrogens with one attached hydrogen (secondary N) is 3. The van der Waals surface area contributed by atoms with E-state index in [0.29, 0.717) is 18.0 Å². The van der Waals surface area contributed by atoms with E-state index in [9.17, 15) is 9.59 Å². The summed E-state index contributed by atoms with van der Waals surface area (Å²) >= 11 is 0. The van der Waals surface area contributed by atoms with E-state index in [0.717, 1.165) is 24.8 Å². The lowest BCUT2D eigenvalue weighted by Gasteiger charge is -2.23. The molecule has 26 heavy (non-hydrogen) atoms. The first-order valence-electron chi connectivity index (χ1n) is 8.96. The van der Waals surface area contributed by atoms with Crippen molar-refractivity contribution in [3.05, 3.63) is 23.8 Å². The van der Waals surface area contributed by atoms with Gasteiger partial charge in [0.25, 0.3) is 0 Å². The minimum atomic E-state index is -0.370. The van der Waals surface area contributed by atoms with Gasteiger partial charge in [-0.25, -0.2) is 0 Å². The lowest BCUT2D eigenvalue weighted by atomic mass is 10.0. The molecule has 2 rings (SSSR count). The number of carbonyl (C=O) groups excluding carboxylic acids is 2. The van der Waals surface area contributed by atoms with Crippen LogP contribution in [0.3, 0.4) is 0 Å². The summed E-state index contributed by atoms with van der Waals surface area (Å²) in [6.07, 6.45) is 2.76. The van der Waals surface area contributed by atoms with Gasteiger partial charge in [-0.05, 0) is 37.5 Å². The Bertz CT molecular complexity index is 635. The Hall–Kier alpha value is -2.28. The van der Waals surface area contributed by atoms with E-state index in [4.69, 9.17) is 9.47 Å². The lowest BCUT2D eigenvalue weighted by Crippen LogP contribution is -2.49. The molecule has 1 aromatic carbocycles. The Morgan fingerprint density at radius 3 is 2.58 bits per heavy atom.